The molecule has 0 amide bonds. The van der Waals surface area contributed by atoms with Crippen LogP contribution in [0.5, 0.6) is 0 Å². The molecule has 3 heteroatoms. The Morgan fingerprint density at radius 1 is 1.26 bits per heavy atom. The maximum absolute atomic E-state index is 5.30. The van der Waals surface area contributed by atoms with Gasteiger partial charge in [-0.3, -0.25) is 0 Å². The Hall–Kier alpha value is -1.06. The molecule has 2 atom stereocenters. The number of anilines is 1. The van der Waals surface area contributed by atoms with Crippen LogP contribution in [-0.4, -0.2) is 33.4 Å². The number of para-hydroxylation sites is 1. The Kier molecular flexibility index (Phi) is 6.89. The smallest absolute Gasteiger partial charge is 0.0663 e. The van der Waals surface area contributed by atoms with Crippen LogP contribution in [0.3, 0.4) is 0 Å². The van der Waals surface area contributed by atoms with Crippen molar-refractivity contribution >= 4 is 5.69 Å². The van der Waals surface area contributed by atoms with E-state index in [0.717, 1.165) is 19.6 Å². The van der Waals surface area contributed by atoms with E-state index in [-0.39, 0.29) is 0 Å². The van der Waals surface area contributed by atoms with Gasteiger partial charge in [0.1, 0.15) is 0 Å². The van der Waals surface area contributed by atoms with Gasteiger partial charge in [0.15, 0.2) is 0 Å². The summed E-state index contributed by atoms with van der Waals surface area (Å²) in [5, 5.41) is 3.40. The maximum atomic E-state index is 5.30. The van der Waals surface area contributed by atoms with E-state index >= 15 is 0 Å². The average Bonchev–Trinajstić information content (AvgIpc) is 2.43. The summed E-state index contributed by atoms with van der Waals surface area (Å²) >= 11 is 0. The third-order valence-electron chi connectivity index (χ3n) is 3.66. The van der Waals surface area contributed by atoms with Gasteiger partial charge in [-0.15, -0.1) is 0 Å². The van der Waals surface area contributed by atoms with Crippen molar-refractivity contribution in [1.82, 2.24) is 5.32 Å². The number of hydrogen-bond donors (Lipinski definition) is 1. The normalized spacial score (nSPS) is 14.2. The van der Waals surface area contributed by atoms with Crippen LogP contribution in [0.15, 0.2) is 24.3 Å². The van der Waals surface area contributed by atoms with Crippen molar-refractivity contribution in [2.24, 2.45) is 0 Å². The monoisotopic (exact) mass is 264 g/mol. The van der Waals surface area contributed by atoms with Crippen molar-refractivity contribution in [2.75, 3.05) is 32.2 Å². The van der Waals surface area contributed by atoms with Gasteiger partial charge in [0.2, 0.25) is 0 Å². The minimum absolute atomic E-state index is 0.380. The molecule has 0 heterocycles. The van der Waals surface area contributed by atoms with E-state index in [1.54, 1.807) is 7.11 Å². The number of rotatable bonds is 8. The molecule has 1 rings (SSSR count). The van der Waals surface area contributed by atoms with Gasteiger partial charge in [0.25, 0.3) is 0 Å². The van der Waals surface area contributed by atoms with Gasteiger partial charge in [0, 0.05) is 31.4 Å². The highest BCUT2D eigenvalue weighted by Gasteiger charge is 2.18. The number of benzene rings is 1. The highest BCUT2D eigenvalue weighted by Crippen LogP contribution is 2.29. The summed E-state index contributed by atoms with van der Waals surface area (Å²) in [7, 11) is 3.79. The predicted molar refractivity (Wildman–Crippen MR) is 82.9 cm³/mol. The summed E-state index contributed by atoms with van der Waals surface area (Å²) in [4.78, 5) is 2.42. The highest BCUT2D eigenvalue weighted by molar-refractivity contribution is 5.55. The molecule has 0 saturated carbocycles. The second kappa shape index (κ2) is 8.18. The molecule has 1 aromatic rings. The first-order valence-electron chi connectivity index (χ1n) is 7.21. The Balaban J connectivity index is 3.09. The van der Waals surface area contributed by atoms with Crippen molar-refractivity contribution in [3.05, 3.63) is 29.8 Å². The molecule has 0 spiro atoms. The molecule has 1 N–H and O–H groups in total. The summed E-state index contributed by atoms with van der Waals surface area (Å²) in [6, 6.07) is 9.45. The molecule has 108 valence electrons. The molecule has 0 bridgehead atoms. The summed E-state index contributed by atoms with van der Waals surface area (Å²) in [6.45, 7) is 8.36. The largest absolute Gasteiger partial charge is 0.383 e. The van der Waals surface area contributed by atoms with Gasteiger partial charge >= 0.3 is 0 Å². The van der Waals surface area contributed by atoms with Crippen molar-refractivity contribution in [3.63, 3.8) is 0 Å². The number of nitrogens with zero attached hydrogens (tertiary/aromatic N) is 1. The van der Waals surface area contributed by atoms with Crippen LogP contribution in [-0.2, 0) is 4.74 Å². The fourth-order valence-electron chi connectivity index (χ4n) is 2.67. The zero-order valence-corrected chi connectivity index (χ0v) is 12.9. The molecule has 0 aliphatic rings. The van der Waals surface area contributed by atoms with E-state index in [1.165, 1.54) is 11.3 Å². The SMILES string of the molecule is CCC(NC)c1ccccc1N(CC)C(C)COC. The predicted octanol–water partition coefficient (Wildman–Crippen LogP) is 3.22. The first-order valence-corrected chi connectivity index (χ1v) is 7.21. The molecular formula is C16H28N2O. The second-order valence-corrected chi connectivity index (χ2v) is 4.90. The number of likely N-dealkylation sites (N-methyl/N-ethyl adjacent to an activating group) is 1. The number of hydrogen-bond acceptors (Lipinski definition) is 3. The van der Waals surface area contributed by atoms with E-state index in [4.69, 9.17) is 4.74 Å². The van der Waals surface area contributed by atoms with Crippen molar-refractivity contribution in [2.45, 2.75) is 39.3 Å². The average molecular weight is 264 g/mol. The van der Waals surface area contributed by atoms with E-state index in [0.29, 0.717) is 12.1 Å². The Morgan fingerprint density at radius 3 is 2.47 bits per heavy atom. The lowest BCUT2D eigenvalue weighted by Crippen LogP contribution is -2.37. The Labute approximate surface area is 118 Å². The third kappa shape index (κ3) is 3.95. The van der Waals surface area contributed by atoms with E-state index < -0.39 is 0 Å². The topological polar surface area (TPSA) is 24.5 Å². The second-order valence-electron chi connectivity index (χ2n) is 4.90. The summed E-state index contributed by atoms with van der Waals surface area (Å²) in [5.41, 5.74) is 2.69. The molecular weight excluding hydrogens is 236 g/mol. The van der Waals surface area contributed by atoms with Gasteiger partial charge in [-0.05, 0) is 38.9 Å². The van der Waals surface area contributed by atoms with Crippen LogP contribution in [0, 0.1) is 0 Å². The molecule has 0 saturated heterocycles. The summed E-state index contributed by atoms with van der Waals surface area (Å²) in [5.74, 6) is 0. The number of nitrogens with one attached hydrogen (secondary N) is 1. The molecule has 2 unspecified atom stereocenters. The zero-order valence-electron chi connectivity index (χ0n) is 12.9. The van der Waals surface area contributed by atoms with Gasteiger partial charge < -0.3 is 15.0 Å². The lowest BCUT2D eigenvalue weighted by molar-refractivity contribution is 0.182. The van der Waals surface area contributed by atoms with Crippen LogP contribution in [0.4, 0.5) is 5.69 Å². The van der Waals surface area contributed by atoms with Gasteiger partial charge in [-0.1, -0.05) is 25.1 Å². The van der Waals surface area contributed by atoms with Gasteiger partial charge in [-0.25, -0.2) is 0 Å². The highest BCUT2D eigenvalue weighted by atomic mass is 16.5. The first kappa shape index (κ1) is 16.0. The maximum Gasteiger partial charge on any atom is 0.0663 e. The van der Waals surface area contributed by atoms with Crippen LogP contribution in [0.1, 0.15) is 38.8 Å². The van der Waals surface area contributed by atoms with Gasteiger partial charge in [0.05, 0.1) is 6.61 Å². The van der Waals surface area contributed by atoms with Crippen molar-refractivity contribution < 1.29 is 4.74 Å². The van der Waals surface area contributed by atoms with Crippen LogP contribution >= 0.6 is 0 Å². The minimum atomic E-state index is 0.380. The van der Waals surface area contributed by atoms with Crippen LogP contribution < -0.4 is 10.2 Å². The van der Waals surface area contributed by atoms with E-state index in [2.05, 4.69) is 55.3 Å². The lowest BCUT2D eigenvalue weighted by atomic mass is 10.0. The van der Waals surface area contributed by atoms with Crippen LogP contribution in [0.2, 0.25) is 0 Å². The fourth-order valence-corrected chi connectivity index (χ4v) is 2.67. The quantitative estimate of drug-likeness (QED) is 0.780. The molecule has 0 radical (unpaired) electrons. The zero-order chi connectivity index (χ0) is 14.3. The number of methoxy groups -OCH3 is 1. The first-order chi connectivity index (χ1) is 9.19. The van der Waals surface area contributed by atoms with E-state index in [1.807, 2.05) is 7.05 Å². The molecule has 0 fully saturated rings. The summed E-state index contributed by atoms with van der Waals surface area (Å²) < 4.78 is 5.30. The number of ether oxygens (including phenoxy) is 1. The van der Waals surface area contributed by atoms with E-state index in [9.17, 15) is 0 Å². The van der Waals surface area contributed by atoms with Crippen molar-refractivity contribution in [3.8, 4) is 0 Å². The van der Waals surface area contributed by atoms with Gasteiger partial charge in [-0.2, -0.15) is 0 Å². The molecule has 0 aliphatic heterocycles. The standard InChI is InChI=1S/C16H28N2O/c1-6-15(17-4)14-10-8-9-11-16(14)18(7-2)13(3)12-19-5/h8-11,13,15,17H,6-7,12H2,1-5H3. The Morgan fingerprint density at radius 2 is 1.95 bits per heavy atom. The fraction of sp³-hybridized carbons (Fsp3) is 0.625. The summed E-state index contributed by atoms with van der Waals surface area (Å²) in [6.07, 6.45) is 1.09. The molecule has 0 aliphatic carbocycles. The Bertz CT molecular complexity index is 364. The molecule has 1 aromatic carbocycles. The molecule has 3 nitrogen and oxygen atoms in total. The molecule has 0 aromatic heterocycles. The van der Waals surface area contributed by atoms with Crippen LogP contribution in [0.25, 0.3) is 0 Å². The lowest BCUT2D eigenvalue weighted by Gasteiger charge is -2.33. The van der Waals surface area contributed by atoms with Crippen molar-refractivity contribution in [1.29, 1.82) is 0 Å². The molecule has 19 heavy (non-hydrogen) atoms. The third-order valence-corrected chi connectivity index (χ3v) is 3.66. The minimum Gasteiger partial charge on any atom is -0.383 e.